The molecule has 1 aromatic heterocycles. The van der Waals surface area contributed by atoms with Crippen molar-refractivity contribution >= 4 is 34.7 Å². The Labute approximate surface area is 149 Å². The summed E-state index contributed by atoms with van der Waals surface area (Å²) in [6.07, 6.45) is 3.38. The van der Waals surface area contributed by atoms with E-state index in [1.54, 1.807) is 30.4 Å². The molecule has 3 amide bonds. The first-order valence-electron chi connectivity index (χ1n) is 8.16. The van der Waals surface area contributed by atoms with Crippen molar-refractivity contribution in [1.82, 2.24) is 15.3 Å². The molecule has 2 heterocycles. The number of H-pyrrole nitrogens is 1. The number of aromatic amines is 1. The average molecular weight is 347 g/mol. The average Bonchev–Trinajstić information content (AvgIpc) is 2.97. The van der Waals surface area contributed by atoms with Crippen LogP contribution in [-0.2, 0) is 6.54 Å². The largest absolute Gasteiger partial charge is 0.360 e. The van der Waals surface area contributed by atoms with E-state index in [4.69, 9.17) is 0 Å². The lowest BCUT2D eigenvalue weighted by Gasteiger charge is -2.18. The first-order valence-corrected chi connectivity index (χ1v) is 8.16. The SMILES string of the molecule is CN(Cc1ccccc1)C(=O)Nc1cc2c3c(c[nH]c3c1)C=NNC2=O. The van der Waals surface area contributed by atoms with E-state index in [1.807, 2.05) is 36.4 Å². The Morgan fingerprint density at radius 3 is 2.85 bits per heavy atom. The van der Waals surface area contributed by atoms with Crippen LogP contribution in [0.3, 0.4) is 0 Å². The predicted octanol–water partition coefficient (Wildman–Crippen LogP) is 2.91. The number of benzene rings is 2. The number of carbonyl (C=O) groups excluding carboxylic acids is 2. The molecular weight excluding hydrogens is 330 g/mol. The van der Waals surface area contributed by atoms with Crippen LogP contribution in [0.15, 0.2) is 53.8 Å². The lowest BCUT2D eigenvalue weighted by Crippen LogP contribution is -2.31. The van der Waals surface area contributed by atoms with Crippen molar-refractivity contribution in [3.05, 3.63) is 65.4 Å². The first-order chi connectivity index (χ1) is 12.6. The summed E-state index contributed by atoms with van der Waals surface area (Å²) in [5.74, 6) is -0.307. The molecule has 1 aliphatic heterocycles. The Morgan fingerprint density at radius 1 is 1.23 bits per heavy atom. The molecule has 1 aliphatic rings. The molecule has 0 radical (unpaired) electrons. The van der Waals surface area contributed by atoms with Gasteiger partial charge in [0.25, 0.3) is 5.91 Å². The zero-order valence-electron chi connectivity index (χ0n) is 14.1. The number of hydrogen-bond acceptors (Lipinski definition) is 3. The van der Waals surface area contributed by atoms with E-state index in [9.17, 15) is 9.59 Å². The molecule has 0 spiro atoms. The van der Waals surface area contributed by atoms with Crippen LogP contribution < -0.4 is 10.7 Å². The summed E-state index contributed by atoms with van der Waals surface area (Å²) in [4.78, 5) is 29.4. The molecule has 0 atom stereocenters. The summed E-state index contributed by atoms with van der Waals surface area (Å²) in [7, 11) is 1.73. The van der Waals surface area contributed by atoms with Crippen LogP contribution in [0.4, 0.5) is 10.5 Å². The van der Waals surface area contributed by atoms with Crippen LogP contribution in [-0.4, -0.2) is 35.1 Å². The molecule has 0 aliphatic carbocycles. The summed E-state index contributed by atoms with van der Waals surface area (Å²) in [5.41, 5.74) is 6.11. The molecule has 7 nitrogen and oxygen atoms in total. The normalized spacial score (nSPS) is 12.6. The van der Waals surface area contributed by atoms with Crippen molar-refractivity contribution in [1.29, 1.82) is 0 Å². The summed E-state index contributed by atoms with van der Waals surface area (Å²) in [6, 6.07) is 13.0. The molecule has 2 aromatic carbocycles. The molecule has 0 saturated heterocycles. The Balaban J connectivity index is 1.59. The van der Waals surface area contributed by atoms with Gasteiger partial charge in [0.15, 0.2) is 0 Å². The summed E-state index contributed by atoms with van der Waals surface area (Å²) >= 11 is 0. The van der Waals surface area contributed by atoms with Gasteiger partial charge in [-0.25, -0.2) is 10.2 Å². The fraction of sp³-hybridized carbons (Fsp3) is 0.105. The Kier molecular flexibility index (Phi) is 3.89. The third-order valence-corrected chi connectivity index (χ3v) is 4.29. The number of urea groups is 1. The predicted molar refractivity (Wildman–Crippen MR) is 100 cm³/mol. The second-order valence-electron chi connectivity index (χ2n) is 6.16. The molecule has 3 aromatic rings. The van der Waals surface area contributed by atoms with E-state index in [0.717, 1.165) is 22.0 Å². The number of nitrogens with zero attached hydrogens (tertiary/aromatic N) is 2. The standard InChI is InChI=1S/C19H17N5O2/c1-24(11-12-5-3-2-4-6-12)19(26)22-14-7-15-17-13(9-20-16(17)8-14)10-21-23-18(15)25/h2-10,20H,11H2,1H3,(H,22,26)(H,23,25). The van der Waals surface area contributed by atoms with Crippen LogP contribution >= 0.6 is 0 Å². The number of hydrogen-bond donors (Lipinski definition) is 3. The highest BCUT2D eigenvalue weighted by Gasteiger charge is 2.19. The van der Waals surface area contributed by atoms with E-state index < -0.39 is 0 Å². The van der Waals surface area contributed by atoms with Crippen molar-refractivity contribution in [3.63, 3.8) is 0 Å². The third-order valence-electron chi connectivity index (χ3n) is 4.29. The highest BCUT2D eigenvalue weighted by atomic mass is 16.2. The number of amides is 3. The Morgan fingerprint density at radius 2 is 2.04 bits per heavy atom. The van der Waals surface area contributed by atoms with Crippen molar-refractivity contribution in [2.45, 2.75) is 6.54 Å². The van der Waals surface area contributed by atoms with Gasteiger partial charge in [-0.1, -0.05) is 30.3 Å². The summed E-state index contributed by atoms with van der Waals surface area (Å²) < 4.78 is 0. The van der Waals surface area contributed by atoms with Gasteiger partial charge in [-0.3, -0.25) is 4.79 Å². The third kappa shape index (κ3) is 2.90. The fourth-order valence-corrected chi connectivity index (χ4v) is 3.02. The molecule has 26 heavy (non-hydrogen) atoms. The minimum absolute atomic E-state index is 0.252. The monoisotopic (exact) mass is 347 g/mol. The maximum absolute atomic E-state index is 12.5. The lowest BCUT2D eigenvalue weighted by molar-refractivity contribution is 0.0957. The maximum Gasteiger partial charge on any atom is 0.321 e. The second-order valence-corrected chi connectivity index (χ2v) is 6.16. The zero-order chi connectivity index (χ0) is 18.1. The van der Waals surface area contributed by atoms with Gasteiger partial charge >= 0.3 is 6.03 Å². The van der Waals surface area contributed by atoms with Crippen molar-refractivity contribution in [2.24, 2.45) is 5.10 Å². The van der Waals surface area contributed by atoms with Gasteiger partial charge < -0.3 is 15.2 Å². The van der Waals surface area contributed by atoms with Crippen LogP contribution in [0.1, 0.15) is 21.5 Å². The van der Waals surface area contributed by atoms with Crippen LogP contribution in [0.2, 0.25) is 0 Å². The van der Waals surface area contributed by atoms with Crippen molar-refractivity contribution in [3.8, 4) is 0 Å². The van der Waals surface area contributed by atoms with E-state index in [2.05, 4.69) is 20.8 Å². The van der Waals surface area contributed by atoms with Crippen molar-refractivity contribution in [2.75, 3.05) is 12.4 Å². The van der Waals surface area contributed by atoms with Gasteiger partial charge in [0.2, 0.25) is 0 Å². The highest BCUT2D eigenvalue weighted by molar-refractivity contribution is 6.15. The Hall–Kier alpha value is -3.61. The molecule has 4 rings (SSSR count). The minimum Gasteiger partial charge on any atom is -0.360 e. The van der Waals surface area contributed by atoms with Crippen molar-refractivity contribution < 1.29 is 9.59 Å². The van der Waals surface area contributed by atoms with E-state index in [-0.39, 0.29) is 11.9 Å². The molecule has 7 heteroatoms. The number of rotatable bonds is 3. The molecule has 0 bridgehead atoms. The molecule has 3 N–H and O–H groups in total. The first kappa shape index (κ1) is 15.9. The van der Waals surface area contributed by atoms with Crippen LogP contribution in [0, 0.1) is 0 Å². The van der Waals surface area contributed by atoms with Gasteiger partial charge in [-0.2, -0.15) is 5.10 Å². The minimum atomic E-state index is -0.307. The fourth-order valence-electron chi connectivity index (χ4n) is 3.02. The second kappa shape index (κ2) is 6.36. The number of nitrogens with one attached hydrogen (secondary N) is 3. The van der Waals surface area contributed by atoms with E-state index in [0.29, 0.717) is 17.8 Å². The topological polar surface area (TPSA) is 89.6 Å². The number of anilines is 1. The highest BCUT2D eigenvalue weighted by Crippen LogP contribution is 2.27. The molecule has 0 fully saturated rings. The molecular formula is C19H17N5O2. The summed E-state index contributed by atoms with van der Waals surface area (Å²) in [5, 5.41) is 7.53. The smallest absolute Gasteiger partial charge is 0.321 e. The zero-order valence-corrected chi connectivity index (χ0v) is 14.1. The number of aromatic nitrogens is 1. The van der Waals surface area contributed by atoms with Gasteiger partial charge in [0.1, 0.15) is 0 Å². The van der Waals surface area contributed by atoms with Crippen LogP contribution in [0.5, 0.6) is 0 Å². The van der Waals surface area contributed by atoms with Crippen LogP contribution in [0.25, 0.3) is 10.9 Å². The molecule has 0 unspecified atom stereocenters. The lowest BCUT2D eigenvalue weighted by atomic mass is 10.1. The molecule has 130 valence electrons. The number of hydrazone groups is 1. The number of carbonyl (C=O) groups is 2. The molecule has 0 saturated carbocycles. The van der Waals surface area contributed by atoms with E-state index >= 15 is 0 Å². The van der Waals surface area contributed by atoms with Gasteiger partial charge in [-0.15, -0.1) is 0 Å². The summed E-state index contributed by atoms with van der Waals surface area (Å²) in [6.45, 7) is 0.489. The van der Waals surface area contributed by atoms with Gasteiger partial charge in [0, 0.05) is 41.9 Å². The Bertz CT molecular complexity index is 1020. The van der Waals surface area contributed by atoms with Gasteiger partial charge in [-0.05, 0) is 17.7 Å². The van der Waals surface area contributed by atoms with E-state index in [1.165, 1.54) is 0 Å². The maximum atomic E-state index is 12.5. The quantitative estimate of drug-likeness (QED) is 0.680. The van der Waals surface area contributed by atoms with Gasteiger partial charge in [0.05, 0.1) is 11.8 Å².